The van der Waals surface area contributed by atoms with E-state index in [-0.39, 0.29) is 11.1 Å². The maximum Gasteiger partial charge on any atom is 0.325 e. The largest absolute Gasteiger partial charge is 0.325 e. The summed E-state index contributed by atoms with van der Waals surface area (Å²) >= 11 is 12.0. The van der Waals surface area contributed by atoms with Crippen molar-refractivity contribution in [3.05, 3.63) is 46.1 Å². The Bertz CT molecular complexity index is 1020. The van der Waals surface area contributed by atoms with Gasteiger partial charge in [-0.25, -0.2) is 9.48 Å². The summed E-state index contributed by atoms with van der Waals surface area (Å²) < 4.78 is 1.80. The van der Waals surface area contributed by atoms with Gasteiger partial charge in [-0.05, 0) is 37.5 Å². The molecule has 2 fully saturated rings. The van der Waals surface area contributed by atoms with E-state index in [2.05, 4.69) is 15.7 Å². The second-order valence-corrected chi connectivity index (χ2v) is 8.54. The van der Waals surface area contributed by atoms with Gasteiger partial charge in [0.2, 0.25) is 5.91 Å². The van der Waals surface area contributed by atoms with E-state index < -0.39 is 29.9 Å². The van der Waals surface area contributed by atoms with Gasteiger partial charge in [0, 0.05) is 6.07 Å². The molecule has 1 saturated carbocycles. The molecule has 2 N–H and O–H groups in total. The molecule has 0 spiro atoms. The number of carbonyl (C=O) groups is 3. The van der Waals surface area contributed by atoms with Gasteiger partial charge in [-0.3, -0.25) is 14.5 Å². The molecular formula is C20H21Cl2N5O3. The number of imide groups is 1. The third kappa shape index (κ3) is 3.65. The van der Waals surface area contributed by atoms with Gasteiger partial charge >= 0.3 is 6.03 Å². The standard InChI is InChI=1S/C20H21Cl2N5O3/c1-20(12-6-7-14(21)15(22)10-12)18(29)26(19(30)25-20)11-17(28)24-16-8-9-23-27(16)13-4-2-3-5-13/h6-10,13H,2-5,11H2,1H3,(H,24,28)(H,25,30). The molecule has 1 aromatic heterocycles. The topological polar surface area (TPSA) is 96.3 Å². The van der Waals surface area contributed by atoms with Gasteiger partial charge in [0.1, 0.15) is 17.9 Å². The van der Waals surface area contributed by atoms with Crippen LogP contribution < -0.4 is 10.6 Å². The van der Waals surface area contributed by atoms with Crippen LogP contribution in [-0.4, -0.2) is 39.1 Å². The lowest BCUT2D eigenvalue weighted by molar-refractivity contribution is -0.133. The van der Waals surface area contributed by atoms with E-state index in [1.165, 1.54) is 6.07 Å². The molecule has 2 aliphatic rings. The fourth-order valence-electron chi connectivity index (χ4n) is 4.02. The van der Waals surface area contributed by atoms with Gasteiger partial charge in [0.05, 0.1) is 22.3 Å². The van der Waals surface area contributed by atoms with E-state index in [1.807, 2.05) is 0 Å². The lowest BCUT2D eigenvalue weighted by Crippen LogP contribution is -2.42. The molecule has 10 heteroatoms. The maximum absolute atomic E-state index is 13.0. The van der Waals surface area contributed by atoms with Crippen molar-refractivity contribution in [1.29, 1.82) is 0 Å². The van der Waals surface area contributed by atoms with Gasteiger partial charge in [0.15, 0.2) is 0 Å². The Morgan fingerprint density at radius 3 is 2.67 bits per heavy atom. The van der Waals surface area contributed by atoms with Crippen molar-refractivity contribution in [3.8, 4) is 0 Å². The Labute approximate surface area is 183 Å². The van der Waals surface area contributed by atoms with Gasteiger partial charge in [-0.1, -0.05) is 42.1 Å². The van der Waals surface area contributed by atoms with E-state index in [4.69, 9.17) is 23.2 Å². The zero-order chi connectivity index (χ0) is 21.5. The number of anilines is 1. The second-order valence-electron chi connectivity index (χ2n) is 7.72. The van der Waals surface area contributed by atoms with Crippen LogP contribution in [0.1, 0.15) is 44.2 Å². The number of nitrogens with one attached hydrogen (secondary N) is 2. The quantitative estimate of drug-likeness (QED) is 0.679. The summed E-state index contributed by atoms with van der Waals surface area (Å²) in [5.41, 5.74) is -0.852. The van der Waals surface area contributed by atoms with Crippen LogP contribution >= 0.6 is 23.2 Å². The smallest absolute Gasteiger partial charge is 0.319 e. The number of amides is 4. The third-order valence-electron chi connectivity index (χ3n) is 5.68. The lowest BCUT2D eigenvalue weighted by atomic mass is 9.92. The number of rotatable bonds is 5. The summed E-state index contributed by atoms with van der Waals surface area (Å²) in [6.07, 6.45) is 5.92. The molecule has 1 aliphatic carbocycles. The van der Waals surface area contributed by atoms with Crippen LogP contribution in [0.25, 0.3) is 0 Å². The van der Waals surface area contributed by atoms with E-state index in [1.54, 1.807) is 36.0 Å². The minimum Gasteiger partial charge on any atom is -0.319 e. The second kappa shape index (κ2) is 7.92. The maximum atomic E-state index is 13.0. The van der Waals surface area contributed by atoms with E-state index in [0.717, 1.165) is 30.6 Å². The molecule has 0 bridgehead atoms. The summed E-state index contributed by atoms with van der Waals surface area (Å²) in [7, 11) is 0. The molecule has 4 rings (SSSR count). The Morgan fingerprint density at radius 2 is 1.97 bits per heavy atom. The molecule has 1 aliphatic heterocycles. The van der Waals surface area contributed by atoms with Gasteiger partial charge in [-0.2, -0.15) is 5.10 Å². The van der Waals surface area contributed by atoms with Gasteiger partial charge in [-0.15, -0.1) is 0 Å². The summed E-state index contributed by atoms with van der Waals surface area (Å²) in [4.78, 5) is 39.0. The van der Waals surface area contributed by atoms with Crippen molar-refractivity contribution in [2.24, 2.45) is 0 Å². The summed E-state index contributed by atoms with van der Waals surface area (Å²) in [6.45, 7) is 1.16. The van der Waals surface area contributed by atoms with Crippen LogP contribution in [0.4, 0.5) is 10.6 Å². The normalized spacial score (nSPS) is 21.9. The van der Waals surface area contributed by atoms with Crippen molar-refractivity contribution >= 4 is 46.9 Å². The van der Waals surface area contributed by atoms with Crippen LogP contribution in [0, 0.1) is 0 Å². The Kier molecular flexibility index (Phi) is 5.46. The van der Waals surface area contributed by atoms with Crippen molar-refractivity contribution in [1.82, 2.24) is 20.0 Å². The zero-order valence-electron chi connectivity index (χ0n) is 16.3. The highest BCUT2D eigenvalue weighted by molar-refractivity contribution is 6.42. The summed E-state index contributed by atoms with van der Waals surface area (Å²) in [5.74, 6) is -0.451. The fourth-order valence-corrected chi connectivity index (χ4v) is 4.32. The number of hydrogen-bond acceptors (Lipinski definition) is 4. The molecule has 30 heavy (non-hydrogen) atoms. The number of hydrogen-bond donors (Lipinski definition) is 2. The predicted octanol–water partition coefficient (Wildman–Crippen LogP) is 3.71. The number of halogens is 2. The van der Waals surface area contributed by atoms with Crippen LogP contribution in [0.3, 0.4) is 0 Å². The molecule has 0 radical (unpaired) electrons. The highest BCUT2D eigenvalue weighted by Crippen LogP contribution is 2.33. The third-order valence-corrected chi connectivity index (χ3v) is 6.42. The molecule has 158 valence electrons. The number of carbonyl (C=O) groups excluding carboxylic acids is 3. The van der Waals surface area contributed by atoms with Gasteiger partial charge < -0.3 is 10.6 Å². The minimum atomic E-state index is -1.34. The van der Waals surface area contributed by atoms with Gasteiger partial charge in [0.25, 0.3) is 5.91 Å². The van der Waals surface area contributed by atoms with E-state index in [0.29, 0.717) is 16.4 Å². The molecule has 2 aromatic rings. The average Bonchev–Trinajstić information content (AvgIpc) is 3.42. The Morgan fingerprint density at radius 1 is 1.23 bits per heavy atom. The van der Waals surface area contributed by atoms with Crippen molar-refractivity contribution in [3.63, 3.8) is 0 Å². The number of benzene rings is 1. The Hall–Kier alpha value is -2.58. The monoisotopic (exact) mass is 449 g/mol. The number of nitrogens with zero attached hydrogens (tertiary/aromatic N) is 3. The molecule has 1 unspecified atom stereocenters. The molecule has 4 amide bonds. The summed E-state index contributed by atoms with van der Waals surface area (Å²) in [6, 6.07) is 6.03. The highest BCUT2D eigenvalue weighted by Gasteiger charge is 2.49. The average molecular weight is 450 g/mol. The molecule has 1 atom stereocenters. The van der Waals surface area contributed by atoms with E-state index >= 15 is 0 Å². The first-order chi connectivity index (χ1) is 14.3. The lowest BCUT2D eigenvalue weighted by Gasteiger charge is -2.22. The molecular weight excluding hydrogens is 429 g/mol. The van der Waals surface area contributed by atoms with E-state index in [9.17, 15) is 14.4 Å². The Balaban J connectivity index is 1.48. The highest BCUT2D eigenvalue weighted by atomic mass is 35.5. The number of urea groups is 1. The van der Waals surface area contributed by atoms with Crippen LogP contribution in [-0.2, 0) is 15.1 Å². The fraction of sp³-hybridized carbons (Fsp3) is 0.400. The van der Waals surface area contributed by atoms with Crippen molar-refractivity contribution in [2.75, 3.05) is 11.9 Å². The molecule has 8 nitrogen and oxygen atoms in total. The molecule has 2 heterocycles. The predicted molar refractivity (Wildman–Crippen MR) is 112 cm³/mol. The van der Waals surface area contributed by atoms with Crippen LogP contribution in [0.2, 0.25) is 10.0 Å². The van der Waals surface area contributed by atoms with Crippen molar-refractivity contribution < 1.29 is 14.4 Å². The first kappa shape index (κ1) is 20.7. The summed E-state index contributed by atoms with van der Waals surface area (Å²) in [5, 5.41) is 10.3. The molecule has 1 saturated heterocycles. The zero-order valence-corrected chi connectivity index (χ0v) is 17.8. The first-order valence-corrected chi connectivity index (χ1v) is 10.5. The van der Waals surface area contributed by atoms with Crippen LogP contribution in [0.15, 0.2) is 30.5 Å². The first-order valence-electron chi connectivity index (χ1n) is 9.72. The molecule has 1 aromatic carbocycles. The SMILES string of the molecule is CC1(c2ccc(Cl)c(Cl)c2)NC(=O)N(CC(=O)Nc2ccnn2C2CCCC2)C1=O. The number of aromatic nitrogens is 2. The van der Waals surface area contributed by atoms with Crippen molar-refractivity contribution in [2.45, 2.75) is 44.2 Å². The van der Waals surface area contributed by atoms with Crippen LogP contribution in [0.5, 0.6) is 0 Å². The minimum absolute atomic E-state index is 0.255.